The number of hydrogen-bond acceptors (Lipinski definition) is 2. The molecular formula is C9H9N3. The quantitative estimate of drug-likeness (QED) is 0.634. The lowest BCUT2D eigenvalue weighted by atomic mass is 10.3. The molecule has 3 heteroatoms. The minimum Gasteiger partial charge on any atom is -0.264 e. The van der Waals surface area contributed by atoms with Gasteiger partial charge in [0.2, 0.25) is 0 Å². The molecule has 0 amide bonds. The highest BCUT2D eigenvalue weighted by Crippen LogP contribution is 2.36. The lowest BCUT2D eigenvalue weighted by Crippen LogP contribution is -1.94. The molecule has 3 rings (SSSR count). The number of rotatable bonds is 1. The van der Waals surface area contributed by atoms with Crippen molar-refractivity contribution in [2.75, 3.05) is 0 Å². The molecule has 0 aromatic carbocycles. The minimum absolute atomic E-state index is 0.657. The predicted molar refractivity (Wildman–Crippen MR) is 45.8 cm³/mol. The van der Waals surface area contributed by atoms with E-state index in [0.717, 1.165) is 5.39 Å². The van der Waals surface area contributed by atoms with Gasteiger partial charge in [0.1, 0.15) is 0 Å². The van der Waals surface area contributed by atoms with Crippen LogP contribution in [0.5, 0.6) is 0 Å². The third kappa shape index (κ3) is 0.763. The molecule has 1 saturated carbocycles. The van der Waals surface area contributed by atoms with E-state index in [0.29, 0.717) is 6.04 Å². The maximum absolute atomic E-state index is 4.33. The van der Waals surface area contributed by atoms with Crippen LogP contribution in [0.15, 0.2) is 24.7 Å². The van der Waals surface area contributed by atoms with E-state index in [9.17, 15) is 0 Å². The van der Waals surface area contributed by atoms with Gasteiger partial charge < -0.3 is 0 Å². The number of nitrogens with zero attached hydrogens (tertiary/aromatic N) is 3. The van der Waals surface area contributed by atoms with E-state index in [1.807, 2.05) is 24.7 Å². The summed E-state index contributed by atoms with van der Waals surface area (Å²) >= 11 is 0. The summed E-state index contributed by atoms with van der Waals surface area (Å²) in [5, 5.41) is 5.48. The number of hydrogen-bond donors (Lipinski definition) is 0. The first-order chi connectivity index (χ1) is 5.95. The SMILES string of the molecule is c1cc2c(cn1)cnn2C1CC1. The third-order valence-electron chi connectivity index (χ3n) is 2.29. The summed E-state index contributed by atoms with van der Waals surface area (Å²) in [5.41, 5.74) is 1.22. The second kappa shape index (κ2) is 2.06. The monoisotopic (exact) mass is 159 g/mol. The van der Waals surface area contributed by atoms with E-state index in [2.05, 4.69) is 14.8 Å². The molecule has 0 radical (unpaired) electrons. The zero-order valence-corrected chi connectivity index (χ0v) is 6.64. The Kier molecular flexibility index (Phi) is 1.06. The zero-order valence-electron chi connectivity index (χ0n) is 6.64. The fraction of sp³-hybridized carbons (Fsp3) is 0.333. The van der Waals surface area contributed by atoms with Gasteiger partial charge in [0.05, 0.1) is 17.8 Å². The van der Waals surface area contributed by atoms with E-state index >= 15 is 0 Å². The van der Waals surface area contributed by atoms with E-state index < -0.39 is 0 Å². The molecule has 0 unspecified atom stereocenters. The van der Waals surface area contributed by atoms with E-state index in [1.54, 1.807) is 0 Å². The molecule has 2 heterocycles. The summed E-state index contributed by atoms with van der Waals surface area (Å²) in [6.45, 7) is 0. The molecule has 1 aliphatic carbocycles. The Morgan fingerprint density at radius 2 is 2.25 bits per heavy atom. The molecule has 0 atom stereocenters. The lowest BCUT2D eigenvalue weighted by Gasteiger charge is -1.97. The van der Waals surface area contributed by atoms with Crippen molar-refractivity contribution in [2.24, 2.45) is 0 Å². The molecule has 0 N–H and O–H groups in total. The Morgan fingerprint density at radius 3 is 3.08 bits per heavy atom. The van der Waals surface area contributed by atoms with Crippen molar-refractivity contribution >= 4 is 10.9 Å². The van der Waals surface area contributed by atoms with Crippen molar-refractivity contribution in [3.63, 3.8) is 0 Å². The molecule has 2 aromatic rings. The van der Waals surface area contributed by atoms with Crippen LogP contribution >= 0.6 is 0 Å². The van der Waals surface area contributed by atoms with Crippen LogP contribution in [0.4, 0.5) is 0 Å². The van der Waals surface area contributed by atoms with Gasteiger partial charge in [-0.3, -0.25) is 9.67 Å². The summed E-state index contributed by atoms with van der Waals surface area (Å²) in [4.78, 5) is 4.05. The van der Waals surface area contributed by atoms with Crippen molar-refractivity contribution in [3.8, 4) is 0 Å². The van der Waals surface area contributed by atoms with Gasteiger partial charge in [0.25, 0.3) is 0 Å². The van der Waals surface area contributed by atoms with Crippen LogP contribution in [0, 0.1) is 0 Å². The Morgan fingerprint density at radius 1 is 1.33 bits per heavy atom. The van der Waals surface area contributed by atoms with Crippen LogP contribution in [0.1, 0.15) is 18.9 Å². The van der Waals surface area contributed by atoms with Crippen molar-refractivity contribution < 1.29 is 0 Å². The van der Waals surface area contributed by atoms with E-state index in [4.69, 9.17) is 0 Å². The van der Waals surface area contributed by atoms with Gasteiger partial charge in [-0.2, -0.15) is 5.10 Å². The Hall–Kier alpha value is -1.38. The van der Waals surface area contributed by atoms with Gasteiger partial charge in [-0.05, 0) is 18.9 Å². The van der Waals surface area contributed by atoms with Gasteiger partial charge in [-0.1, -0.05) is 0 Å². The molecule has 60 valence electrons. The van der Waals surface area contributed by atoms with Crippen LogP contribution in [0.3, 0.4) is 0 Å². The summed E-state index contributed by atoms with van der Waals surface area (Å²) < 4.78 is 2.11. The molecule has 1 aliphatic rings. The maximum atomic E-state index is 4.33. The Bertz CT molecular complexity index is 414. The third-order valence-corrected chi connectivity index (χ3v) is 2.29. The second-order valence-corrected chi connectivity index (χ2v) is 3.25. The van der Waals surface area contributed by atoms with Crippen molar-refractivity contribution in [3.05, 3.63) is 24.7 Å². The molecule has 1 fully saturated rings. The highest BCUT2D eigenvalue weighted by molar-refractivity contribution is 5.77. The lowest BCUT2D eigenvalue weighted by molar-refractivity contribution is 0.665. The summed E-state index contributed by atoms with van der Waals surface area (Å²) in [6.07, 6.45) is 8.13. The van der Waals surface area contributed by atoms with Gasteiger partial charge in [-0.25, -0.2) is 0 Å². The normalized spacial score (nSPS) is 17.0. The molecule has 0 bridgehead atoms. The first-order valence-corrected chi connectivity index (χ1v) is 4.22. The Labute approximate surface area is 70.0 Å². The van der Waals surface area contributed by atoms with Crippen LogP contribution in [-0.4, -0.2) is 14.8 Å². The van der Waals surface area contributed by atoms with Gasteiger partial charge in [0, 0.05) is 17.8 Å². The highest BCUT2D eigenvalue weighted by atomic mass is 15.3. The molecule has 3 nitrogen and oxygen atoms in total. The average Bonchev–Trinajstić information content (AvgIpc) is 2.86. The standard InChI is InChI=1S/C9H9N3/c1-2-8(1)12-9-3-4-10-5-7(9)6-11-12/h3-6,8H,1-2H2. The molecule has 12 heavy (non-hydrogen) atoms. The van der Waals surface area contributed by atoms with Gasteiger partial charge in [0.15, 0.2) is 0 Å². The average molecular weight is 159 g/mol. The van der Waals surface area contributed by atoms with Crippen molar-refractivity contribution in [2.45, 2.75) is 18.9 Å². The largest absolute Gasteiger partial charge is 0.264 e. The molecular weight excluding hydrogens is 150 g/mol. The number of aromatic nitrogens is 3. The minimum atomic E-state index is 0.657. The van der Waals surface area contributed by atoms with Crippen LogP contribution in [0.2, 0.25) is 0 Å². The van der Waals surface area contributed by atoms with Crippen LogP contribution < -0.4 is 0 Å². The van der Waals surface area contributed by atoms with E-state index in [1.165, 1.54) is 18.4 Å². The topological polar surface area (TPSA) is 30.7 Å². The van der Waals surface area contributed by atoms with Crippen molar-refractivity contribution in [1.29, 1.82) is 0 Å². The van der Waals surface area contributed by atoms with Gasteiger partial charge in [-0.15, -0.1) is 0 Å². The smallest absolute Gasteiger partial charge is 0.0716 e. The van der Waals surface area contributed by atoms with Crippen molar-refractivity contribution in [1.82, 2.24) is 14.8 Å². The second-order valence-electron chi connectivity index (χ2n) is 3.25. The molecule has 0 spiro atoms. The summed E-state index contributed by atoms with van der Waals surface area (Å²) in [7, 11) is 0. The molecule has 0 aliphatic heterocycles. The molecule has 0 saturated heterocycles. The zero-order chi connectivity index (χ0) is 7.97. The fourth-order valence-corrected chi connectivity index (χ4v) is 1.50. The summed E-state index contributed by atoms with van der Waals surface area (Å²) in [5.74, 6) is 0. The fourth-order valence-electron chi connectivity index (χ4n) is 1.50. The number of fused-ring (bicyclic) bond motifs is 1. The maximum Gasteiger partial charge on any atom is 0.0716 e. The first-order valence-electron chi connectivity index (χ1n) is 4.22. The van der Waals surface area contributed by atoms with Crippen LogP contribution in [-0.2, 0) is 0 Å². The highest BCUT2D eigenvalue weighted by Gasteiger charge is 2.25. The number of pyridine rings is 1. The van der Waals surface area contributed by atoms with E-state index in [-0.39, 0.29) is 0 Å². The van der Waals surface area contributed by atoms with Gasteiger partial charge >= 0.3 is 0 Å². The summed E-state index contributed by atoms with van der Waals surface area (Å²) in [6, 6.07) is 2.69. The Balaban J connectivity index is 2.30. The molecule has 2 aromatic heterocycles. The first kappa shape index (κ1) is 6.17. The van der Waals surface area contributed by atoms with Crippen LogP contribution in [0.25, 0.3) is 10.9 Å². The predicted octanol–water partition coefficient (Wildman–Crippen LogP) is 1.77.